The van der Waals surface area contributed by atoms with Crippen molar-refractivity contribution in [3.8, 4) is 0 Å². The maximum atomic E-state index is 14.7. The third-order valence-electron chi connectivity index (χ3n) is 15.9. The number of fused-ring (bicyclic) bond motifs is 4. The van der Waals surface area contributed by atoms with Crippen molar-refractivity contribution in [3.63, 3.8) is 0 Å². The Labute approximate surface area is 649 Å². The lowest BCUT2D eigenvalue weighted by molar-refractivity contribution is 0.101. The number of carbonyl (C=O) groups is 5. The highest BCUT2D eigenvalue weighted by Crippen LogP contribution is 2.43. The van der Waals surface area contributed by atoms with Gasteiger partial charge in [0.25, 0.3) is 145 Å². The van der Waals surface area contributed by atoms with Crippen LogP contribution in [-0.4, -0.2) is 185 Å². The molecule has 0 spiro atoms. The van der Waals surface area contributed by atoms with Crippen LogP contribution in [0.25, 0.3) is 43.1 Å². The van der Waals surface area contributed by atoms with E-state index in [1.807, 2.05) is 31.9 Å². The highest BCUT2D eigenvalue weighted by molar-refractivity contribution is 7.89. The number of anilines is 6. The van der Waals surface area contributed by atoms with E-state index in [9.17, 15) is 180 Å². The summed E-state index contributed by atoms with van der Waals surface area (Å²) in [5, 5.41) is 2.44. The van der Waals surface area contributed by atoms with E-state index in [1.54, 1.807) is 0 Å². The van der Waals surface area contributed by atoms with Crippen LogP contribution in [0, 0.1) is 0 Å². The van der Waals surface area contributed by atoms with E-state index in [-0.39, 0.29) is 48.5 Å². The maximum Gasteiger partial charge on any atom is 0.323 e. The van der Waals surface area contributed by atoms with Crippen molar-refractivity contribution in [2.45, 2.75) is 58.7 Å². The molecule has 0 bridgehead atoms. The minimum Gasteiger partial charge on any atom is -0.321 e. The molecule has 616 valence electrons. The molecule has 0 saturated carbocycles. The van der Waals surface area contributed by atoms with E-state index in [0.717, 1.165) is 0 Å². The van der Waals surface area contributed by atoms with Crippen molar-refractivity contribution in [2.24, 2.45) is 0 Å². The summed E-state index contributed by atoms with van der Waals surface area (Å²) >= 11 is 0. The van der Waals surface area contributed by atoms with Gasteiger partial charge in [0.05, 0.1) is 42.3 Å². The SMILES string of the molecule is O=C(Nc1cc(C(=O)Nc2ccc(S(=O)(=O)O)c3cc(S(=O)(=O)O)cc(S(=O)(=O)O)c23)cc(C(=O)Nc2ccc(S(=O)(=O)O)c3cc(S(=O)(=O)O)cc(S(=O)(=O)O)c23)c1)Nc1cc(C(=O)Nc2ccc(S(=O)(=O)O)c3cc(S(=O)(=O)O)cc(S(=O)(=O)O)c23)cc(C(=O)Nc2ccc(S(=O)(=O)O)c3cc(S(=O)(=O)O)cc(S(=O)(=O)O)c23)c1. The number of hydrogen-bond acceptors (Lipinski definition) is 29. The topological polar surface area (TPSA) is 810 Å². The number of hydrogen-bond donors (Lipinski definition) is 18. The van der Waals surface area contributed by atoms with Gasteiger partial charge in [-0.15, -0.1) is 0 Å². The molecule has 0 radical (unpaired) electrons. The van der Waals surface area contributed by atoms with Crippen molar-refractivity contribution in [2.75, 3.05) is 31.9 Å². The number of nitrogens with one attached hydrogen (secondary N) is 6. The van der Waals surface area contributed by atoms with Crippen LogP contribution in [0.5, 0.6) is 0 Å². The third-order valence-corrected chi connectivity index (χ3v) is 26.4. The molecule has 0 saturated heterocycles. The molecule has 10 aromatic carbocycles. The molecule has 59 heteroatoms. The minimum atomic E-state index is -5.89. The van der Waals surface area contributed by atoms with Crippen LogP contribution in [0.1, 0.15) is 41.4 Å². The summed E-state index contributed by atoms with van der Waals surface area (Å²) in [6.45, 7) is 0. The molecular formula is C57H40N6O41S12. The molecular weight excluding hydrogens is 1810 g/mol. The lowest BCUT2D eigenvalue weighted by atomic mass is 10.0. The van der Waals surface area contributed by atoms with Crippen molar-refractivity contribution in [1.82, 2.24) is 0 Å². The molecule has 47 nitrogen and oxygen atoms in total. The zero-order chi connectivity index (χ0) is 87.0. The Hall–Kier alpha value is -10.7. The van der Waals surface area contributed by atoms with Crippen LogP contribution in [0.2, 0.25) is 0 Å². The fourth-order valence-electron chi connectivity index (χ4n) is 11.3. The molecule has 6 amide bonds. The smallest absolute Gasteiger partial charge is 0.321 e. The molecule has 10 aromatic rings. The van der Waals surface area contributed by atoms with E-state index in [0.29, 0.717) is 84.9 Å². The molecule has 0 unspecified atom stereocenters. The van der Waals surface area contributed by atoms with Crippen molar-refractivity contribution < 1.29 is 180 Å². The Kier molecular flexibility index (Phi) is 22.3. The number of benzene rings is 10. The lowest BCUT2D eigenvalue weighted by Gasteiger charge is -2.17. The molecule has 0 fully saturated rings. The molecule has 10 rings (SSSR count). The van der Waals surface area contributed by atoms with Gasteiger partial charge in [-0.2, -0.15) is 101 Å². The van der Waals surface area contributed by atoms with Crippen molar-refractivity contribution >= 4 is 228 Å². The molecule has 18 N–H and O–H groups in total. The second-order valence-electron chi connectivity index (χ2n) is 23.5. The van der Waals surface area contributed by atoms with Gasteiger partial charge in [0, 0.05) is 76.7 Å². The average molecular weight is 1850 g/mol. The van der Waals surface area contributed by atoms with Crippen LogP contribution in [0.15, 0.2) is 192 Å². The summed E-state index contributed by atoms with van der Waals surface area (Å²) in [6.07, 6.45) is 0. The zero-order valence-electron chi connectivity index (χ0n) is 55.3. The fraction of sp³-hybridized carbons (Fsp3) is 0. The Balaban J connectivity index is 1.17. The molecule has 0 aliphatic rings. The van der Waals surface area contributed by atoms with E-state index in [2.05, 4.69) is 0 Å². The average Bonchev–Trinajstić information content (AvgIpc) is 0.754. The van der Waals surface area contributed by atoms with E-state index in [1.165, 1.54) is 0 Å². The highest BCUT2D eigenvalue weighted by Gasteiger charge is 2.34. The summed E-state index contributed by atoms with van der Waals surface area (Å²) in [4.78, 5) is 55.3. The maximum absolute atomic E-state index is 14.7. The van der Waals surface area contributed by atoms with E-state index in [4.69, 9.17) is 0 Å². The summed E-state index contributed by atoms with van der Waals surface area (Å²) in [7, 11) is -68.5. The van der Waals surface area contributed by atoms with Crippen LogP contribution < -0.4 is 31.9 Å². The molecule has 0 heterocycles. The van der Waals surface area contributed by atoms with Gasteiger partial charge in [-0.1, -0.05) is 0 Å². The number of urea groups is 1. The number of rotatable bonds is 22. The van der Waals surface area contributed by atoms with Crippen molar-refractivity contribution in [3.05, 3.63) is 156 Å². The van der Waals surface area contributed by atoms with E-state index >= 15 is 0 Å². The highest BCUT2D eigenvalue weighted by atomic mass is 32.3. The molecule has 0 aromatic heterocycles. The minimum absolute atomic E-state index is 0.0241. The largest absolute Gasteiger partial charge is 0.323 e. The molecule has 0 aliphatic carbocycles. The van der Waals surface area contributed by atoms with Crippen LogP contribution >= 0.6 is 0 Å². The summed E-state index contributed by atoms with van der Waals surface area (Å²) in [5.74, 6) is -6.84. The number of carbonyl (C=O) groups excluding carboxylic acids is 5. The van der Waals surface area contributed by atoms with Gasteiger partial charge < -0.3 is 31.9 Å². The second-order valence-corrected chi connectivity index (χ2v) is 40.3. The van der Waals surface area contributed by atoms with Crippen LogP contribution in [-0.2, 0) is 121 Å². The quantitative estimate of drug-likeness (QED) is 0.0428. The third kappa shape index (κ3) is 18.6. The lowest BCUT2D eigenvalue weighted by Crippen LogP contribution is -2.23. The van der Waals surface area contributed by atoms with Gasteiger partial charge in [-0.3, -0.25) is 73.8 Å². The van der Waals surface area contributed by atoms with Crippen LogP contribution in [0.3, 0.4) is 0 Å². The standard InChI is InChI=1S/C57H40N6O41S12/c64-53(60-37-1-5-41(109(81,82)83)33-15-29(105(69,70)71)19-45(49(33)37)113(93,94)95)23-9-24(54(65)61-38-2-6-42(110(84,85)86)34-16-30(106(72,73)74)20-46(50(34)38)114(96,97)98)12-27(11-23)58-57(68)59-28-13-25(55(66)62-39-3-7-43(111(87,88)89)35-17-31(107(75,76)77)21-47(51(35)39)115(99,100)101)10-26(14-28)56(67)63-40-4-8-44(112(90,91)92)36-18-32(108(78,79)80)22-48(52(36)40)116(102,103)104/h1-22H,(H,60,64)(H,61,65)(H,62,66)(H,63,67)(H2,58,59,68)(H,69,70,71)(H,72,73,74)(H,75,76,77)(H,78,79,80)(H,81,82,83)(H,84,85,86)(H,87,88,89)(H,90,91,92)(H,93,94,95)(H,96,97,98)(H,99,100,101)(H,102,103,104). The Bertz CT molecular complexity index is 6830. The Morgan fingerprint density at radius 2 is 0.371 bits per heavy atom. The Morgan fingerprint density at radius 1 is 0.198 bits per heavy atom. The monoisotopic (exact) mass is 1850 g/mol. The summed E-state index contributed by atoms with van der Waals surface area (Å²) < 4.78 is 425. The van der Waals surface area contributed by atoms with Crippen molar-refractivity contribution in [1.29, 1.82) is 0 Å². The van der Waals surface area contributed by atoms with Gasteiger partial charge in [-0.25, -0.2) is 4.79 Å². The van der Waals surface area contributed by atoms with Gasteiger partial charge >= 0.3 is 6.03 Å². The first-order valence-electron chi connectivity index (χ1n) is 29.4. The fourth-order valence-corrected chi connectivity index (χ4v) is 19.5. The first-order chi connectivity index (χ1) is 52.6. The summed E-state index contributed by atoms with van der Waals surface area (Å²) in [5.41, 5.74) is -10.1. The van der Waals surface area contributed by atoms with E-state index < -0.39 is 309 Å². The Morgan fingerprint density at radius 3 is 0.526 bits per heavy atom. The molecule has 0 aliphatic heterocycles. The van der Waals surface area contributed by atoms with Gasteiger partial charge in [0.1, 0.15) is 39.2 Å². The van der Waals surface area contributed by atoms with Gasteiger partial charge in [0.2, 0.25) is 0 Å². The number of amides is 6. The van der Waals surface area contributed by atoms with Gasteiger partial charge in [-0.05, 0) is 133 Å². The summed E-state index contributed by atoms with van der Waals surface area (Å²) in [6, 6.07) is 5.84. The predicted octanol–water partition coefficient (Wildman–Crippen LogP) is 3.91. The van der Waals surface area contributed by atoms with Gasteiger partial charge in [0.15, 0.2) is 0 Å². The van der Waals surface area contributed by atoms with Crippen LogP contribution in [0.4, 0.5) is 38.9 Å². The molecule has 0 atom stereocenters. The normalized spacial score (nSPS) is 13.1. The first-order valence-corrected chi connectivity index (χ1v) is 46.7. The molecule has 116 heavy (non-hydrogen) atoms. The zero-order valence-corrected chi connectivity index (χ0v) is 65.1. The first kappa shape index (κ1) is 87.7. The predicted molar refractivity (Wildman–Crippen MR) is 391 cm³/mol. The second kappa shape index (κ2) is 29.5.